The summed E-state index contributed by atoms with van der Waals surface area (Å²) in [6.07, 6.45) is -0.458. The first-order chi connectivity index (χ1) is 5.11. The second-order valence-electron chi connectivity index (χ2n) is 2.35. The summed E-state index contributed by atoms with van der Waals surface area (Å²) in [6, 6.07) is 5.40. The van der Waals surface area contributed by atoms with Gasteiger partial charge in [0, 0.05) is 4.47 Å². The van der Waals surface area contributed by atoms with E-state index in [1.54, 1.807) is 13.0 Å². The largest absolute Gasteiger partial charge is 0.389 e. The van der Waals surface area contributed by atoms with Crippen molar-refractivity contribution in [3.63, 3.8) is 0 Å². The number of rotatable bonds is 1. The summed E-state index contributed by atoms with van der Waals surface area (Å²) in [5.74, 6) is 0. The number of aliphatic hydroxyl groups is 1. The van der Waals surface area contributed by atoms with Crippen LogP contribution in [0.3, 0.4) is 0 Å². The van der Waals surface area contributed by atoms with Crippen molar-refractivity contribution in [1.82, 2.24) is 0 Å². The molecule has 0 radical (unpaired) electrons. The standard InChI is InChI=1S/C8H8BrClO/c1-5(11)6-2-3-7(9)8(10)4-6/h2-5,11H,1H3/t5-/m0/s1. The third kappa shape index (κ3) is 2.19. The highest BCUT2D eigenvalue weighted by molar-refractivity contribution is 9.10. The van der Waals surface area contributed by atoms with Gasteiger partial charge in [0.05, 0.1) is 11.1 Å². The molecule has 3 heteroatoms. The summed E-state index contributed by atoms with van der Waals surface area (Å²) >= 11 is 9.06. The summed E-state index contributed by atoms with van der Waals surface area (Å²) in [7, 11) is 0. The van der Waals surface area contributed by atoms with Crippen LogP contribution in [0.1, 0.15) is 18.6 Å². The van der Waals surface area contributed by atoms with Crippen LogP contribution >= 0.6 is 27.5 Å². The van der Waals surface area contributed by atoms with Crippen molar-refractivity contribution in [3.05, 3.63) is 33.3 Å². The van der Waals surface area contributed by atoms with Crippen molar-refractivity contribution < 1.29 is 5.11 Å². The van der Waals surface area contributed by atoms with Gasteiger partial charge in [-0.2, -0.15) is 0 Å². The number of hydrogen-bond acceptors (Lipinski definition) is 1. The fraction of sp³-hybridized carbons (Fsp3) is 0.250. The van der Waals surface area contributed by atoms with Gasteiger partial charge in [-0.25, -0.2) is 0 Å². The molecule has 0 bridgehead atoms. The quantitative estimate of drug-likeness (QED) is 0.793. The molecule has 0 saturated carbocycles. The maximum atomic E-state index is 9.17. The third-order valence-electron chi connectivity index (χ3n) is 1.43. The van der Waals surface area contributed by atoms with Crippen molar-refractivity contribution in [3.8, 4) is 0 Å². The average Bonchev–Trinajstić information content (AvgIpc) is 1.94. The topological polar surface area (TPSA) is 20.2 Å². The minimum atomic E-state index is -0.458. The minimum Gasteiger partial charge on any atom is -0.389 e. The Morgan fingerprint density at radius 3 is 2.64 bits per heavy atom. The molecule has 1 N–H and O–H groups in total. The highest BCUT2D eigenvalue weighted by Crippen LogP contribution is 2.25. The highest BCUT2D eigenvalue weighted by Gasteiger charge is 2.02. The van der Waals surface area contributed by atoms with Crippen LogP contribution in [0.5, 0.6) is 0 Å². The van der Waals surface area contributed by atoms with Crippen LogP contribution in [-0.4, -0.2) is 5.11 Å². The fourth-order valence-electron chi connectivity index (χ4n) is 0.772. The zero-order valence-electron chi connectivity index (χ0n) is 6.01. The molecule has 0 aliphatic carbocycles. The van der Waals surface area contributed by atoms with E-state index in [4.69, 9.17) is 16.7 Å². The van der Waals surface area contributed by atoms with Gasteiger partial charge in [-0.15, -0.1) is 0 Å². The molecule has 11 heavy (non-hydrogen) atoms. The molecular formula is C8H8BrClO. The zero-order valence-corrected chi connectivity index (χ0v) is 8.35. The molecule has 1 aromatic rings. The Bertz CT molecular complexity index is 260. The normalized spacial score (nSPS) is 13.1. The molecule has 60 valence electrons. The molecule has 1 rings (SSSR count). The SMILES string of the molecule is C[C@H](O)c1ccc(Br)c(Cl)c1. The Balaban J connectivity index is 3.05. The van der Waals surface area contributed by atoms with Gasteiger partial charge in [0.25, 0.3) is 0 Å². The molecule has 0 aliphatic heterocycles. The van der Waals surface area contributed by atoms with Crippen LogP contribution in [0.2, 0.25) is 5.02 Å². The van der Waals surface area contributed by atoms with Gasteiger partial charge in [-0.3, -0.25) is 0 Å². The lowest BCUT2D eigenvalue weighted by Crippen LogP contribution is -1.89. The zero-order chi connectivity index (χ0) is 8.43. The van der Waals surface area contributed by atoms with Crippen LogP contribution < -0.4 is 0 Å². The third-order valence-corrected chi connectivity index (χ3v) is 2.66. The summed E-state index contributed by atoms with van der Waals surface area (Å²) in [5, 5.41) is 9.79. The molecule has 1 atom stereocenters. The van der Waals surface area contributed by atoms with Gasteiger partial charge in [0.2, 0.25) is 0 Å². The summed E-state index contributed by atoms with van der Waals surface area (Å²) in [6.45, 7) is 1.71. The van der Waals surface area contributed by atoms with E-state index in [1.807, 2.05) is 12.1 Å². The second kappa shape index (κ2) is 3.57. The smallest absolute Gasteiger partial charge is 0.0762 e. The van der Waals surface area contributed by atoms with Gasteiger partial charge in [0.1, 0.15) is 0 Å². The van der Waals surface area contributed by atoms with Crippen molar-refractivity contribution >= 4 is 27.5 Å². The van der Waals surface area contributed by atoms with Crippen LogP contribution in [0.15, 0.2) is 22.7 Å². The van der Waals surface area contributed by atoms with Gasteiger partial charge < -0.3 is 5.11 Å². The molecule has 0 fully saturated rings. The summed E-state index contributed by atoms with van der Waals surface area (Å²) < 4.78 is 0.851. The highest BCUT2D eigenvalue weighted by atomic mass is 79.9. The first kappa shape index (κ1) is 9.04. The molecule has 0 unspecified atom stereocenters. The number of halogens is 2. The Kier molecular flexibility index (Phi) is 2.93. The van der Waals surface area contributed by atoms with Crippen molar-refractivity contribution in [2.24, 2.45) is 0 Å². The van der Waals surface area contributed by atoms with Crippen LogP contribution in [0, 0.1) is 0 Å². The summed E-state index contributed by atoms with van der Waals surface area (Å²) in [4.78, 5) is 0. The fourth-order valence-corrected chi connectivity index (χ4v) is 1.21. The predicted molar refractivity (Wildman–Crippen MR) is 49.8 cm³/mol. The van der Waals surface area contributed by atoms with Crippen molar-refractivity contribution in [2.75, 3.05) is 0 Å². The van der Waals surface area contributed by atoms with E-state index in [-0.39, 0.29) is 0 Å². The van der Waals surface area contributed by atoms with E-state index in [1.165, 1.54) is 0 Å². The predicted octanol–water partition coefficient (Wildman–Crippen LogP) is 3.16. The van der Waals surface area contributed by atoms with Crippen LogP contribution in [0.4, 0.5) is 0 Å². The van der Waals surface area contributed by atoms with Crippen LogP contribution in [-0.2, 0) is 0 Å². The first-order valence-corrected chi connectivity index (χ1v) is 4.41. The number of benzene rings is 1. The molecule has 1 nitrogen and oxygen atoms in total. The van der Waals surface area contributed by atoms with Gasteiger partial charge in [-0.1, -0.05) is 17.7 Å². The van der Waals surface area contributed by atoms with E-state index in [2.05, 4.69) is 15.9 Å². The Labute approximate surface area is 79.1 Å². The maximum Gasteiger partial charge on any atom is 0.0762 e. The molecule has 0 spiro atoms. The first-order valence-electron chi connectivity index (χ1n) is 3.24. The molecule has 0 saturated heterocycles. The molecule has 0 aromatic heterocycles. The van der Waals surface area contributed by atoms with E-state index in [0.29, 0.717) is 5.02 Å². The van der Waals surface area contributed by atoms with Gasteiger partial charge in [-0.05, 0) is 40.5 Å². The Morgan fingerprint density at radius 1 is 1.55 bits per heavy atom. The lowest BCUT2D eigenvalue weighted by molar-refractivity contribution is 0.199. The van der Waals surface area contributed by atoms with E-state index in [0.717, 1.165) is 10.0 Å². The minimum absolute atomic E-state index is 0.458. The van der Waals surface area contributed by atoms with E-state index in [9.17, 15) is 0 Å². The summed E-state index contributed by atoms with van der Waals surface area (Å²) in [5.41, 5.74) is 0.832. The van der Waals surface area contributed by atoms with Crippen LogP contribution in [0.25, 0.3) is 0 Å². The van der Waals surface area contributed by atoms with Crippen molar-refractivity contribution in [1.29, 1.82) is 0 Å². The second-order valence-corrected chi connectivity index (χ2v) is 3.61. The van der Waals surface area contributed by atoms with E-state index >= 15 is 0 Å². The average molecular weight is 236 g/mol. The van der Waals surface area contributed by atoms with Gasteiger partial charge >= 0.3 is 0 Å². The molecule has 1 aromatic carbocycles. The lowest BCUT2D eigenvalue weighted by atomic mass is 10.1. The van der Waals surface area contributed by atoms with Gasteiger partial charge in [0.15, 0.2) is 0 Å². The van der Waals surface area contributed by atoms with Crippen molar-refractivity contribution in [2.45, 2.75) is 13.0 Å². The Morgan fingerprint density at radius 2 is 2.18 bits per heavy atom. The number of aliphatic hydroxyl groups excluding tert-OH is 1. The molecule has 0 heterocycles. The van der Waals surface area contributed by atoms with E-state index < -0.39 is 6.10 Å². The molecule has 0 amide bonds. The number of hydrogen-bond donors (Lipinski definition) is 1. The lowest BCUT2D eigenvalue weighted by Gasteiger charge is -2.04. The maximum absolute atomic E-state index is 9.17. The Hall–Kier alpha value is -0.0500. The monoisotopic (exact) mass is 234 g/mol. The molecule has 0 aliphatic rings. The molecular weight excluding hydrogens is 227 g/mol.